The largest absolute Gasteiger partial charge is 0.470 e. The molecule has 1 atom stereocenters. The van der Waals surface area contributed by atoms with Crippen LogP contribution >= 0.6 is 0 Å². The highest BCUT2D eigenvalue weighted by Crippen LogP contribution is 2.21. The lowest BCUT2D eigenvalue weighted by molar-refractivity contribution is -0.0704. The van der Waals surface area contributed by atoms with Crippen LogP contribution in [0.4, 0.5) is 8.78 Å². The monoisotopic (exact) mass is 229 g/mol. The highest BCUT2D eigenvalue weighted by molar-refractivity contribution is 5.24. The Kier molecular flexibility index (Phi) is 3.07. The quantitative estimate of drug-likeness (QED) is 0.837. The molecule has 1 heterocycles. The highest BCUT2D eigenvalue weighted by atomic mass is 19.1. The molecule has 1 saturated heterocycles. The molecule has 88 valence electrons. The summed E-state index contributed by atoms with van der Waals surface area (Å²) in [6.07, 6.45) is 0. The number of hydrogen-bond donors (Lipinski definition) is 1. The van der Waals surface area contributed by atoms with Gasteiger partial charge in [-0.2, -0.15) is 0 Å². The molecule has 0 amide bonds. The van der Waals surface area contributed by atoms with Gasteiger partial charge in [0.05, 0.1) is 6.61 Å². The Labute approximate surface area is 92.4 Å². The molecule has 5 heteroatoms. The van der Waals surface area contributed by atoms with E-state index in [0.717, 1.165) is 18.2 Å². The van der Waals surface area contributed by atoms with Gasteiger partial charge in [-0.1, -0.05) is 0 Å². The first-order valence-corrected chi connectivity index (χ1v) is 5.05. The summed E-state index contributed by atoms with van der Waals surface area (Å²) in [5.74, 6) is -1.16. The maximum Gasteiger partial charge on any atom is 0.181 e. The van der Waals surface area contributed by atoms with Crippen LogP contribution in [0.1, 0.15) is 6.92 Å². The van der Waals surface area contributed by atoms with Gasteiger partial charge in [0, 0.05) is 24.7 Å². The predicted octanol–water partition coefficient (Wildman–Crippen LogP) is 1.68. The average molecular weight is 229 g/mol. The molecule has 2 rings (SSSR count). The van der Waals surface area contributed by atoms with Crippen molar-refractivity contribution in [3.05, 3.63) is 29.8 Å². The van der Waals surface area contributed by atoms with Gasteiger partial charge in [0.2, 0.25) is 0 Å². The molecule has 0 aliphatic carbocycles. The van der Waals surface area contributed by atoms with Crippen molar-refractivity contribution in [2.45, 2.75) is 12.6 Å². The van der Waals surface area contributed by atoms with Gasteiger partial charge in [0.1, 0.15) is 24.0 Å². The Morgan fingerprint density at radius 3 is 2.56 bits per heavy atom. The lowest BCUT2D eigenvalue weighted by atomic mass is 10.2. The van der Waals surface area contributed by atoms with E-state index in [2.05, 4.69) is 5.32 Å². The minimum absolute atomic E-state index is 0.151. The van der Waals surface area contributed by atoms with Gasteiger partial charge in [-0.05, 0) is 6.92 Å². The number of ether oxygens (including phenoxy) is 2. The van der Waals surface area contributed by atoms with E-state index in [1.165, 1.54) is 0 Å². The lowest BCUT2D eigenvalue weighted by Crippen LogP contribution is -2.56. The van der Waals surface area contributed by atoms with Crippen molar-refractivity contribution in [2.75, 3.05) is 19.8 Å². The number of benzene rings is 1. The molecule has 1 aliphatic heterocycles. The van der Waals surface area contributed by atoms with Crippen LogP contribution in [-0.2, 0) is 4.74 Å². The first kappa shape index (κ1) is 11.3. The molecule has 1 aromatic carbocycles. The maximum atomic E-state index is 12.9. The van der Waals surface area contributed by atoms with Crippen LogP contribution in [0, 0.1) is 11.6 Å². The third-order valence-corrected chi connectivity index (χ3v) is 2.30. The predicted molar refractivity (Wildman–Crippen MR) is 54.2 cm³/mol. The van der Waals surface area contributed by atoms with Gasteiger partial charge < -0.3 is 9.47 Å². The molecule has 1 unspecified atom stereocenters. The zero-order valence-corrected chi connectivity index (χ0v) is 8.93. The van der Waals surface area contributed by atoms with Gasteiger partial charge in [0.25, 0.3) is 0 Å². The van der Waals surface area contributed by atoms with E-state index in [0.29, 0.717) is 19.8 Å². The molecule has 0 aromatic heterocycles. The van der Waals surface area contributed by atoms with E-state index in [1.54, 1.807) is 6.92 Å². The SMILES string of the molecule is CC1(Oc2cc(F)cc(F)c2)COCCN1. The Hall–Kier alpha value is -1.20. The topological polar surface area (TPSA) is 30.5 Å². The number of nitrogens with one attached hydrogen (secondary N) is 1. The second kappa shape index (κ2) is 4.35. The van der Waals surface area contributed by atoms with Gasteiger partial charge >= 0.3 is 0 Å². The summed E-state index contributed by atoms with van der Waals surface area (Å²) < 4.78 is 36.6. The van der Waals surface area contributed by atoms with Crippen LogP contribution in [-0.4, -0.2) is 25.5 Å². The summed E-state index contributed by atoms with van der Waals surface area (Å²) >= 11 is 0. The number of rotatable bonds is 2. The summed E-state index contributed by atoms with van der Waals surface area (Å²) in [6, 6.07) is 3.09. The number of hydrogen-bond acceptors (Lipinski definition) is 3. The molecular formula is C11H13F2NO2. The average Bonchev–Trinajstić information content (AvgIpc) is 2.15. The fourth-order valence-corrected chi connectivity index (χ4v) is 1.62. The van der Waals surface area contributed by atoms with Crippen molar-refractivity contribution < 1.29 is 18.3 Å². The van der Waals surface area contributed by atoms with Gasteiger partial charge in [-0.3, -0.25) is 5.32 Å². The molecule has 0 radical (unpaired) electrons. The van der Waals surface area contributed by atoms with Crippen LogP contribution in [0.5, 0.6) is 5.75 Å². The summed E-state index contributed by atoms with van der Waals surface area (Å²) in [5, 5.41) is 3.09. The number of halogens is 2. The molecule has 3 nitrogen and oxygen atoms in total. The maximum absolute atomic E-state index is 12.9. The molecule has 16 heavy (non-hydrogen) atoms. The second-order valence-corrected chi connectivity index (χ2v) is 3.92. The minimum Gasteiger partial charge on any atom is -0.470 e. The smallest absolute Gasteiger partial charge is 0.181 e. The van der Waals surface area contributed by atoms with E-state index >= 15 is 0 Å². The van der Waals surface area contributed by atoms with E-state index < -0.39 is 17.4 Å². The van der Waals surface area contributed by atoms with Gasteiger partial charge in [0.15, 0.2) is 5.72 Å². The molecule has 1 fully saturated rings. The van der Waals surface area contributed by atoms with Crippen molar-refractivity contribution >= 4 is 0 Å². The third kappa shape index (κ3) is 2.68. The van der Waals surface area contributed by atoms with Crippen LogP contribution in [0.15, 0.2) is 18.2 Å². The second-order valence-electron chi connectivity index (χ2n) is 3.92. The molecular weight excluding hydrogens is 216 g/mol. The molecule has 1 aromatic rings. The van der Waals surface area contributed by atoms with Crippen LogP contribution < -0.4 is 10.1 Å². The molecule has 0 bridgehead atoms. The summed E-state index contributed by atoms with van der Waals surface area (Å²) in [5.41, 5.74) is -0.738. The Balaban J connectivity index is 2.13. The van der Waals surface area contributed by atoms with Crippen molar-refractivity contribution in [3.8, 4) is 5.75 Å². The third-order valence-electron chi connectivity index (χ3n) is 2.30. The zero-order chi connectivity index (χ0) is 11.6. The fourth-order valence-electron chi connectivity index (χ4n) is 1.62. The van der Waals surface area contributed by atoms with E-state index in [9.17, 15) is 8.78 Å². The van der Waals surface area contributed by atoms with Gasteiger partial charge in [-0.25, -0.2) is 8.78 Å². The Morgan fingerprint density at radius 1 is 1.31 bits per heavy atom. The van der Waals surface area contributed by atoms with E-state index in [4.69, 9.17) is 9.47 Å². The van der Waals surface area contributed by atoms with Crippen LogP contribution in [0.2, 0.25) is 0 Å². The summed E-state index contributed by atoms with van der Waals surface area (Å²) in [7, 11) is 0. The molecule has 0 saturated carbocycles. The fraction of sp³-hybridized carbons (Fsp3) is 0.455. The van der Waals surface area contributed by atoms with Crippen molar-refractivity contribution in [1.82, 2.24) is 5.32 Å². The molecule has 1 N–H and O–H groups in total. The van der Waals surface area contributed by atoms with Crippen LogP contribution in [0.25, 0.3) is 0 Å². The first-order chi connectivity index (χ1) is 7.57. The Morgan fingerprint density at radius 2 is 2.00 bits per heavy atom. The van der Waals surface area contributed by atoms with Crippen molar-refractivity contribution in [2.24, 2.45) is 0 Å². The first-order valence-electron chi connectivity index (χ1n) is 5.05. The van der Waals surface area contributed by atoms with E-state index in [-0.39, 0.29) is 5.75 Å². The van der Waals surface area contributed by atoms with Crippen molar-refractivity contribution in [1.29, 1.82) is 0 Å². The Bertz CT molecular complexity index is 358. The molecule has 1 aliphatic rings. The zero-order valence-electron chi connectivity index (χ0n) is 8.93. The van der Waals surface area contributed by atoms with E-state index in [1.807, 2.05) is 0 Å². The lowest BCUT2D eigenvalue weighted by Gasteiger charge is -2.35. The summed E-state index contributed by atoms with van der Waals surface area (Å²) in [6.45, 7) is 3.37. The molecule has 0 spiro atoms. The van der Waals surface area contributed by atoms with Crippen LogP contribution in [0.3, 0.4) is 0 Å². The minimum atomic E-state index is -0.738. The van der Waals surface area contributed by atoms with Crippen molar-refractivity contribution in [3.63, 3.8) is 0 Å². The summed E-state index contributed by atoms with van der Waals surface area (Å²) in [4.78, 5) is 0. The normalized spacial score (nSPS) is 25.4. The number of morpholine rings is 1. The highest BCUT2D eigenvalue weighted by Gasteiger charge is 2.29. The van der Waals surface area contributed by atoms with Gasteiger partial charge in [-0.15, -0.1) is 0 Å². The standard InChI is InChI=1S/C11H13F2NO2/c1-11(7-15-3-2-14-11)16-10-5-8(12)4-9(13)6-10/h4-6,14H,2-3,7H2,1H3.